The summed E-state index contributed by atoms with van der Waals surface area (Å²) in [4.78, 5) is 25.3. The molecule has 0 saturated carbocycles. The first-order valence-electron chi connectivity index (χ1n) is 11.8. The number of thiocarbonyl (C=S) groups is 1. The lowest BCUT2D eigenvalue weighted by molar-refractivity contribution is -0.140. The molecule has 1 aliphatic rings. The summed E-state index contributed by atoms with van der Waals surface area (Å²) in [5.74, 6) is -0.215. The van der Waals surface area contributed by atoms with Crippen LogP contribution in [0.3, 0.4) is 0 Å². The second kappa shape index (κ2) is 12.1. The Morgan fingerprint density at radius 3 is 2.30 bits per heavy atom. The van der Waals surface area contributed by atoms with Crippen molar-refractivity contribution < 1.29 is 24.2 Å². The van der Waals surface area contributed by atoms with Crippen LogP contribution in [0.1, 0.15) is 42.6 Å². The Labute approximate surface area is 225 Å². The van der Waals surface area contributed by atoms with E-state index in [9.17, 15) is 9.59 Å². The summed E-state index contributed by atoms with van der Waals surface area (Å²) in [5.41, 5.74) is 2.92. The number of thioether (sulfide) groups is 1. The van der Waals surface area contributed by atoms with E-state index in [1.165, 1.54) is 5.56 Å². The molecule has 2 atom stereocenters. The number of carbonyl (C=O) groups is 2. The molecule has 0 spiro atoms. The Hall–Kier alpha value is -3.62. The molecule has 1 N–H and O–H groups in total. The summed E-state index contributed by atoms with van der Waals surface area (Å²) in [7, 11) is 0. The molecule has 8 heteroatoms. The highest BCUT2D eigenvalue weighted by molar-refractivity contribution is 8.26. The van der Waals surface area contributed by atoms with Crippen LogP contribution in [-0.2, 0) is 9.59 Å². The van der Waals surface area contributed by atoms with E-state index in [0.29, 0.717) is 23.0 Å². The van der Waals surface area contributed by atoms with Gasteiger partial charge in [-0.2, -0.15) is 0 Å². The molecule has 37 heavy (non-hydrogen) atoms. The highest BCUT2D eigenvalue weighted by Crippen LogP contribution is 2.36. The third-order valence-corrected chi connectivity index (χ3v) is 7.24. The SMILES string of the molecule is C[C@H](COc1ccc(/C=C2\SC(=S)N(CC(=O)O)C2=O)cc1O[C@H](C)c1ccccc1)c1ccccc1. The molecule has 4 rings (SSSR count). The van der Waals surface area contributed by atoms with Gasteiger partial charge in [0.15, 0.2) is 11.5 Å². The molecule has 0 radical (unpaired) electrons. The molecule has 0 bridgehead atoms. The van der Waals surface area contributed by atoms with Crippen molar-refractivity contribution in [2.45, 2.75) is 25.9 Å². The number of hydrogen-bond acceptors (Lipinski definition) is 6. The Morgan fingerprint density at radius 2 is 1.65 bits per heavy atom. The lowest BCUT2D eigenvalue weighted by Crippen LogP contribution is -2.33. The second-order valence-electron chi connectivity index (χ2n) is 8.66. The van der Waals surface area contributed by atoms with Crippen LogP contribution in [0.5, 0.6) is 11.5 Å². The predicted octanol–water partition coefficient (Wildman–Crippen LogP) is 6.29. The standard InChI is InChI=1S/C29H27NO5S2/c1-19(22-9-5-3-6-10-22)18-34-24-14-13-21(15-25(24)35-20(2)23-11-7-4-8-12-23)16-26-28(33)30(17-27(31)32)29(36)37-26/h3-16,19-20H,17-18H2,1-2H3,(H,31,32)/b26-16-/t19-,20-/m1/s1. The Balaban J connectivity index is 1.59. The summed E-state index contributed by atoms with van der Waals surface area (Å²) < 4.78 is 12.8. The summed E-state index contributed by atoms with van der Waals surface area (Å²) in [6.07, 6.45) is 1.46. The van der Waals surface area contributed by atoms with Crippen molar-refractivity contribution >= 4 is 46.3 Å². The van der Waals surface area contributed by atoms with Crippen molar-refractivity contribution in [3.8, 4) is 11.5 Å². The highest BCUT2D eigenvalue weighted by Gasteiger charge is 2.33. The Morgan fingerprint density at radius 1 is 1.00 bits per heavy atom. The number of nitrogens with zero attached hydrogens (tertiary/aromatic N) is 1. The van der Waals surface area contributed by atoms with Gasteiger partial charge in [0.1, 0.15) is 17.0 Å². The summed E-state index contributed by atoms with van der Waals surface area (Å²) in [6, 6.07) is 25.5. The van der Waals surface area contributed by atoms with Gasteiger partial charge in [0.05, 0.1) is 11.5 Å². The van der Waals surface area contributed by atoms with Crippen molar-refractivity contribution in [3.05, 3.63) is 100 Å². The first-order valence-corrected chi connectivity index (χ1v) is 13.0. The quantitative estimate of drug-likeness (QED) is 0.242. The molecule has 1 heterocycles. The number of carbonyl (C=O) groups excluding carboxylic acids is 1. The van der Waals surface area contributed by atoms with Crippen LogP contribution >= 0.6 is 24.0 Å². The van der Waals surface area contributed by atoms with Crippen molar-refractivity contribution in [1.82, 2.24) is 4.90 Å². The number of carboxylic acid groups (broad SMARTS) is 1. The first kappa shape index (κ1) is 26.4. The second-order valence-corrected chi connectivity index (χ2v) is 10.3. The lowest BCUT2D eigenvalue weighted by atomic mass is 10.0. The largest absolute Gasteiger partial charge is 0.489 e. The molecule has 3 aromatic carbocycles. The average Bonchev–Trinajstić information content (AvgIpc) is 3.15. The minimum absolute atomic E-state index is 0.177. The molecule has 1 saturated heterocycles. The average molecular weight is 534 g/mol. The molecule has 190 valence electrons. The van der Waals surface area contributed by atoms with Crippen LogP contribution in [0.25, 0.3) is 6.08 Å². The molecule has 6 nitrogen and oxygen atoms in total. The fraction of sp³-hybridized carbons (Fsp3) is 0.207. The Kier molecular flexibility index (Phi) is 8.63. The number of ether oxygens (including phenoxy) is 2. The van der Waals surface area contributed by atoms with Gasteiger partial charge in [-0.15, -0.1) is 0 Å². The van der Waals surface area contributed by atoms with E-state index < -0.39 is 18.4 Å². The van der Waals surface area contributed by atoms with E-state index in [1.54, 1.807) is 6.08 Å². The maximum absolute atomic E-state index is 12.7. The van der Waals surface area contributed by atoms with Gasteiger partial charge in [-0.25, -0.2) is 0 Å². The van der Waals surface area contributed by atoms with E-state index in [-0.39, 0.29) is 16.3 Å². The number of hydrogen-bond donors (Lipinski definition) is 1. The molecular weight excluding hydrogens is 506 g/mol. The summed E-state index contributed by atoms with van der Waals surface area (Å²) in [6.45, 7) is 4.08. The number of aliphatic carboxylic acids is 1. The van der Waals surface area contributed by atoms with Gasteiger partial charge in [-0.05, 0) is 41.8 Å². The molecule has 0 unspecified atom stereocenters. The summed E-state index contributed by atoms with van der Waals surface area (Å²) in [5, 5.41) is 9.08. The zero-order chi connectivity index (χ0) is 26.4. The van der Waals surface area contributed by atoms with Crippen LogP contribution in [-0.4, -0.2) is 39.4 Å². The summed E-state index contributed by atoms with van der Waals surface area (Å²) >= 11 is 6.29. The number of rotatable bonds is 10. The van der Waals surface area contributed by atoms with Gasteiger partial charge >= 0.3 is 5.97 Å². The smallest absolute Gasteiger partial charge is 0.323 e. The number of benzene rings is 3. The number of amides is 1. The molecule has 3 aromatic rings. The minimum Gasteiger partial charge on any atom is -0.489 e. The number of carboxylic acids is 1. The topological polar surface area (TPSA) is 76.1 Å². The maximum atomic E-state index is 12.7. The van der Waals surface area contributed by atoms with Gasteiger partial charge in [0, 0.05) is 5.92 Å². The van der Waals surface area contributed by atoms with Gasteiger partial charge < -0.3 is 14.6 Å². The molecule has 1 fully saturated rings. The van der Waals surface area contributed by atoms with Crippen molar-refractivity contribution in [3.63, 3.8) is 0 Å². The van der Waals surface area contributed by atoms with Crippen molar-refractivity contribution in [1.29, 1.82) is 0 Å². The van der Waals surface area contributed by atoms with Gasteiger partial charge in [0.2, 0.25) is 0 Å². The van der Waals surface area contributed by atoms with E-state index in [1.807, 2.05) is 73.7 Å². The van der Waals surface area contributed by atoms with E-state index >= 15 is 0 Å². The predicted molar refractivity (Wildman–Crippen MR) is 150 cm³/mol. The third kappa shape index (κ3) is 6.78. The molecule has 1 aliphatic heterocycles. The fourth-order valence-corrected chi connectivity index (χ4v) is 5.08. The van der Waals surface area contributed by atoms with E-state index in [2.05, 4.69) is 19.1 Å². The fourth-order valence-electron chi connectivity index (χ4n) is 3.82. The Bertz CT molecular complexity index is 1310. The van der Waals surface area contributed by atoms with Crippen LogP contribution in [0.15, 0.2) is 83.8 Å². The molecule has 0 aliphatic carbocycles. The molecule has 1 amide bonds. The van der Waals surface area contributed by atoms with Gasteiger partial charge in [-0.3, -0.25) is 14.5 Å². The van der Waals surface area contributed by atoms with Crippen LogP contribution < -0.4 is 9.47 Å². The third-order valence-electron chi connectivity index (χ3n) is 5.86. The van der Waals surface area contributed by atoms with Gasteiger partial charge in [0.25, 0.3) is 5.91 Å². The zero-order valence-electron chi connectivity index (χ0n) is 20.5. The van der Waals surface area contributed by atoms with Crippen LogP contribution in [0, 0.1) is 0 Å². The molecule has 0 aromatic heterocycles. The van der Waals surface area contributed by atoms with Gasteiger partial charge in [-0.1, -0.05) is 97.6 Å². The van der Waals surface area contributed by atoms with Crippen LogP contribution in [0.4, 0.5) is 0 Å². The normalized spacial score (nSPS) is 16.1. The molecular formula is C29H27NO5S2. The maximum Gasteiger partial charge on any atom is 0.323 e. The zero-order valence-corrected chi connectivity index (χ0v) is 22.1. The van der Waals surface area contributed by atoms with E-state index in [4.69, 9.17) is 26.8 Å². The van der Waals surface area contributed by atoms with Crippen molar-refractivity contribution in [2.24, 2.45) is 0 Å². The highest BCUT2D eigenvalue weighted by atomic mass is 32.2. The van der Waals surface area contributed by atoms with Crippen LogP contribution in [0.2, 0.25) is 0 Å². The monoisotopic (exact) mass is 533 g/mol. The first-order chi connectivity index (χ1) is 17.8. The minimum atomic E-state index is -1.12. The van der Waals surface area contributed by atoms with E-state index in [0.717, 1.165) is 27.8 Å². The lowest BCUT2D eigenvalue weighted by Gasteiger charge is -2.20. The van der Waals surface area contributed by atoms with Crippen molar-refractivity contribution in [2.75, 3.05) is 13.2 Å².